The molecule has 0 aliphatic carbocycles. The van der Waals surface area contributed by atoms with Crippen LogP contribution in [0.5, 0.6) is 0 Å². The van der Waals surface area contributed by atoms with Gasteiger partial charge in [-0.25, -0.2) is 0 Å². The Morgan fingerprint density at radius 1 is 0.438 bits per heavy atom. The Morgan fingerprint density at radius 2 is 0.688 bits per heavy atom. The van der Waals surface area contributed by atoms with E-state index in [0.29, 0.717) is 11.1 Å². The van der Waals surface area contributed by atoms with Crippen molar-refractivity contribution >= 4 is 5.78 Å². The SMILES string of the molecule is O=C(C(c1ccccc1)C(O)c1ccccc1)C(c1ccccc1)C(O)c1ccccc1. The predicted molar refractivity (Wildman–Crippen MR) is 126 cm³/mol. The highest BCUT2D eigenvalue weighted by atomic mass is 16.3. The smallest absolute Gasteiger partial charge is 0.153 e. The lowest BCUT2D eigenvalue weighted by molar-refractivity contribution is -0.127. The maximum Gasteiger partial charge on any atom is 0.153 e. The van der Waals surface area contributed by atoms with Crippen LogP contribution in [0.3, 0.4) is 0 Å². The number of hydrogen-bond donors (Lipinski definition) is 2. The molecule has 4 atom stereocenters. The summed E-state index contributed by atoms with van der Waals surface area (Å²) in [5.74, 6) is -1.89. The topological polar surface area (TPSA) is 57.5 Å². The second-order valence-electron chi connectivity index (χ2n) is 7.89. The normalized spacial score (nSPS) is 14.8. The van der Waals surface area contributed by atoms with Crippen molar-refractivity contribution in [3.63, 3.8) is 0 Å². The molecule has 0 fully saturated rings. The highest BCUT2D eigenvalue weighted by Crippen LogP contribution is 2.41. The van der Waals surface area contributed by atoms with Gasteiger partial charge < -0.3 is 10.2 Å². The van der Waals surface area contributed by atoms with Crippen LogP contribution in [0, 0.1) is 0 Å². The van der Waals surface area contributed by atoms with E-state index in [1.54, 1.807) is 0 Å². The first-order chi connectivity index (χ1) is 15.7. The molecule has 0 amide bonds. The molecule has 160 valence electrons. The number of benzene rings is 4. The van der Waals surface area contributed by atoms with Crippen molar-refractivity contribution in [2.75, 3.05) is 0 Å². The van der Waals surface area contributed by atoms with Gasteiger partial charge in [0, 0.05) is 0 Å². The van der Waals surface area contributed by atoms with Crippen LogP contribution >= 0.6 is 0 Å². The number of aliphatic hydroxyl groups excluding tert-OH is 2. The second kappa shape index (κ2) is 10.2. The molecule has 0 saturated carbocycles. The second-order valence-corrected chi connectivity index (χ2v) is 7.89. The van der Waals surface area contributed by atoms with E-state index in [2.05, 4.69) is 0 Å². The van der Waals surface area contributed by atoms with Crippen LogP contribution in [0.15, 0.2) is 121 Å². The van der Waals surface area contributed by atoms with Crippen LogP contribution in [0.4, 0.5) is 0 Å². The van der Waals surface area contributed by atoms with E-state index in [4.69, 9.17) is 0 Å². The lowest BCUT2D eigenvalue weighted by atomic mass is 9.75. The Bertz CT molecular complexity index is 1020. The summed E-state index contributed by atoms with van der Waals surface area (Å²) in [6, 6.07) is 37.0. The maximum absolute atomic E-state index is 14.2. The summed E-state index contributed by atoms with van der Waals surface area (Å²) in [6.45, 7) is 0. The fraction of sp³-hybridized carbons (Fsp3) is 0.138. The van der Waals surface area contributed by atoms with Crippen LogP contribution < -0.4 is 0 Å². The van der Waals surface area contributed by atoms with Crippen molar-refractivity contribution in [3.8, 4) is 0 Å². The van der Waals surface area contributed by atoms with Gasteiger partial charge in [-0.1, -0.05) is 121 Å². The highest BCUT2D eigenvalue weighted by molar-refractivity contribution is 5.93. The Hall–Kier alpha value is -3.53. The summed E-state index contributed by atoms with van der Waals surface area (Å²) in [4.78, 5) is 14.2. The fourth-order valence-corrected chi connectivity index (χ4v) is 4.20. The van der Waals surface area contributed by atoms with E-state index in [9.17, 15) is 15.0 Å². The zero-order valence-corrected chi connectivity index (χ0v) is 17.7. The minimum absolute atomic E-state index is 0.227. The van der Waals surface area contributed by atoms with Crippen molar-refractivity contribution < 1.29 is 15.0 Å². The van der Waals surface area contributed by atoms with Crippen molar-refractivity contribution in [2.24, 2.45) is 0 Å². The molecule has 0 aliphatic rings. The van der Waals surface area contributed by atoms with Crippen LogP contribution in [-0.2, 0) is 4.79 Å². The van der Waals surface area contributed by atoms with Crippen molar-refractivity contribution in [1.29, 1.82) is 0 Å². The van der Waals surface area contributed by atoms with E-state index in [0.717, 1.165) is 11.1 Å². The summed E-state index contributed by atoms with van der Waals surface area (Å²) >= 11 is 0. The molecular formula is C29H26O3. The third kappa shape index (κ3) is 4.70. The first kappa shape index (κ1) is 21.7. The largest absolute Gasteiger partial charge is 0.387 e. The van der Waals surface area contributed by atoms with Crippen LogP contribution in [-0.4, -0.2) is 16.0 Å². The highest BCUT2D eigenvalue weighted by Gasteiger charge is 2.38. The Kier molecular flexibility index (Phi) is 6.90. The van der Waals surface area contributed by atoms with E-state index in [-0.39, 0.29) is 5.78 Å². The molecule has 3 nitrogen and oxygen atoms in total. The molecule has 3 heteroatoms. The van der Waals surface area contributed by atoms with Crippen molar-refractivity contribution in [3.05, 3.63) is 144 Å². The number of carbonyl (C=O) groups is 1. The Balaban J connectivity index is 1.81. The van der Waals surface area contributed by atoms with E-state index >= 15 is 0 Å². The van der Waals surface area contributed by atoms with Gasteiger partial charge in [-0.15, -0.1) is 0 Å². The summed E-state index contributed by atoms with van der Waals surface area (Å²) in [5.41, 5.74) is 2.76. The minimum Gasteiger partial charge on any atom is -0.387 e. The monoisotopic (exact) mass is 422 g/mol. The summed E-state index contributed by atoms with van der Waals surface area (Å²) in [6.07, 6.45) is -2.08. The first-order valence-corrected chi connectivity index (χ1v) is 10.8. The third-order valence-electron chi connectivity index (χ3n) is 5.84. The van der Waals surface area contributed by atoms with Crippen LogP contribution in [0.1, 0.15) is 46.3 Å². The van der Waals surface area contributed by atoms with Gasteiger partial charge in [-0.05, 0) is 22.3 Å². The third-order valence-corrected chi connectivity index (χ3v) is 5.84. The van der Waals surface area contributed by atoms with Crippen molar-refractivity contribution in [1.82, 2.24) is 0 Å². The standard InChI is InChI=1S/C29H26O3/c30-27(23-17-9-3-10-18-23)25(21-13-5-1-6-14-21)29(32)26(22-15-7-2-8-16-22)28(31)24-19-11-4-12-20-24/h1-20,25-28,30-31H. The van der Waals surface area contributed by atoms with Gasteiger partial charge in [0.1, 0.15) is 0 Å². The van der Waals surface area contributed by atoms with Gasteiger partial charge in [-0.3, -0.25) is 4.79 Å². The molecule has 4 aromatic rings. The molecule has 0 spiro atoms. The van der Waals surface area contributed by atoms with E-state index < -0.39 is 24.0 Å². The number of aliphatic hydroxyl groups is 2. The molecule has 0 aromatic heterocycles. The number of hydrogen-bond acceptors (Lipinski definition) is 3. The number of carbonyl (C=O) groups excluding carboxylic acids is 1. The number of Topliss-reactive ketones (excluding diaryl/α,β-unsaturated/α-hetero) is 1. The fourth-order valence-electron chi connectivity index (χ4n) is 4.20. The van der Waals surface area contributed by atoms with E-state index in [1.807, 2.05) is 121 Å². The van der Waals surface area contributed by atoms with Gasteiger partial charge in [0.2, 0.25) is 0 Å². The lowest BCUT2D eigenvalue weighted by Gasteiger charge is -2.30. The molecule has 32 heavy (non-hydrogen) atoms. The average Bonchev–Trinajstić information content (AvgIpc) is 2.86. The Morgan fingerprint density at radius 3 is 0.969 bits per heavy atom. The first-order valence-electron chi connectivity index (χ1n) is 10.8. The number of ketones is 1. The maximum atomic E-state index is 14.2. The molecule has 0 aliphatic heterocycles. The van der Waals surface area contributed by atoms with Crippen LogP contribution in [0.2, 0.25) is 0 Å². The van der Waals surface area contributed by atoms with Gasteiger partial charge >= 0.3 is 0 Å². The molecule has 0 bridgehead atoms. The van der Waals surface area contributed by atoms with Gasteiger partial charge in [-0.2, -0.15) is 0 Å². The molecule has 0 heterocycles. The molecule has 4 aromatic carbocycles. The summed E-state index contributed by atoms with van der Waals surface area (Å²) < 4.78 is 0. The molecule has 4 rings (SSSR count). The molecule has 2 N–H and O–H groups in total. The summed E-state index contributed by atoms with van der Waals surface area (Å²) in [5, 5.41) is 22.7. The molecule has 0 saturated heterocycles. The number of rotatable bonds is 8. The minimum atomic E-state index is -1.04. The summed E-state index contributed by atoms with van der Waals surface area (Å²) in [7, 11) is 0. The van der Waals surface area contributed by atoms with Crippen LogP contribution in [0.25, 0.3) is 0 Å². The average molecular weight is 423 g/mol. The molecular weight excluding hydrogens is 396 g/mol. The van der Waals surface area contributed by atoms with Gasteiger partial charge in [0.25, 0.3) is 0 Å². The van der Waals surface area contributed by atoms with E-state index in [1.165, 1.54) is 0 Å². The van der Waals surface area contributed by atoms with Gasteiger partial charge in [0.05, 0.1) is 24.0 Å². The van der Waals surface area contributed by atoms with Gasteiger partial charge in [0.15, 0.2) is 5.78 Å². The quantitative estimate of drug-likeness (QED) is 0.389. The molecule has 4 unspecified atom stereocenters. The van der Waals surface area contributed by atoms with Crippen molar-refractivity contribution in [2.45, 2.75) is 24.0 Å². The molecule has 0 radical (unpaired) electrons. The zero-order valence-electron chi connectivity index (χ0n) is 17.7. The predicted octanol–water partition coefficient (Wildman–Crippen LogP) is 5.59. The zero-order chi connectivity index (χ0) is 22.3. The lowest BCUT2D eigenvalue weighted by Crippen LogP contribution is -2.29. The Labute approximate surface area is 188 Å².